The molecule has 1 saturated heterocycles. The highest BCUT2D eigenvalue weighted by atomic mass is 19.4. The molecule has 1 amide bonds. The van der Waals surface area contributed by atoms with Gasteiger partial charge in [0.05, 0.1) is 18.0 Å². The van der Waals surface area contributed by atoms with Crippen LogP contribution < -0.4 is 0 Å². The number of rotatable bonds is 5. The van der Waals surface area contributed by atoms with E-state index in [0.717, 1.165) is 12.8 Å². The summed E-state index contributed by atoms with van der Waals surface area (Å²) in [7, 11) is 1.63. The zero-order chi connectivity index (χ0) is 20.5. The van der Waals surface area contributed by atoms with Gasteiger partial charge in [0.2, 0.25) is 0 Å². The Balaban J connectivity index is 1.83. The first-order valence-electron chi connectivity index (χ1n) is 8.54. The minimum absolute atomic E-state index is 0.00171. The fraction of sp³-hybridized carbons (Fsp3) is 0.389. The van der Waals surface area contributed by atoms with E-state index in [0.29, 0.717) is 29.6 Å². The Morgan fingerprint density at radius 3 is 2.54 bits per heavy atom. The van der Waals surface area contributed by atoms with Crippen molar-refractivity contribution in [2.45, 2.75) is 25.1 Å². The molecule has 3 rings (SSSR count). The Morgan fingerprint density at radius 2 is 2.00 bits per heavy atom. The molecule has 0 aliphatic carbocycles. The lowest BCUT2D eigenvalue weighted by molar-refractivity contribution is -0.143. The number of hydrogen-bond donors (Lipinski definition) is 1. The quantitative estimate of drug-likeness (QED) is 0.839. The van der Waals surface area contributed by atoms with Crippen LogP contribution in [0.15, 0.2) is 30.5 Å². The summed E-state index contributed by atoms with van der Waals surface area (Å²) in [4.78, 5) is 25.1. The summed E-state index contributed by atoms with van der Waals surface area (Å²) < 4.78 is 45.9. The molecule has 2 heterocycles. The topological polar surface area (TPSA) is 84.7 Å². The maximum atomic E-state index is 13.3. The number of nitrogens with zero attached hydrogens (tertiary/aromatic N) is 3. The lowest BCUT2D eigenvalue weighted by Gasteiger charge is -2.21. The number of carbonyl (C=O) groups excluding carboxylic acids is 1. The Hall–Kier alpha value is -2.88. The van der Waals surface area contributed by atoms with Crippen molar-refractivity contribution in [2.75, 3.05) is 20.2 Å². The summed E-state index contributed by atoms with van der Waals surface area (Å²) in [6, 6.07) is 5.35. The molecule has 150 valence electrons. The van der Waals surface area contributed by atoms with Gasteiger partial charge in [0.25, 0.3) is 5.91 Å². The zero-order valence-electron chi connectivity index (χ0n) is 14.9. The molecule has 1 aliphatic rings. The van der Waals surface area contributed by atoms with Crippen LogP contribution in [0.4, 0.5) is 13.2 Å². The molecule has 1 aromatic heterocycles. The summed E-state index contributed by atoms with van der Waals surface area (Å²) in [5.41, 5.74) is -2.03. The number of carboxylic acids is 1. The molecular weight excluding hydrogens is 379 g/mol. The largest absolute Gasteiger partial charge is 0.478 e. The highest BCUT2D eigenvalue weighted by molar-refractivity contribution is 5.94. The van der Waals surface area contributed by atoms with Crippen molar-refractivity contribution < 1.29 is 32.6 Å². The van der Waals surface area contributed by atoms with Gasteiger partial charge in [-0.3, -0.25) is 4.79 Å². The number of halogens is 3. The van der Waals surface area contributed by atoms with Crippen LogP contribution in [0.2, 0.25) is 0 Å². The lowest BCUT2D eigenvalue weighted by atomic mass is 10.1. The number of alkyl halides is 3. The molecule has 1 fully saturated rings. The molecule has 1 aromatic carbocycles. The third-order valence-electron chi connectivity index (χ3n) is 4.48. The van der Waals surface area contributed by atoms with Crippen molar-refractivity contribution in [1.29, 1.82) is 0 Å². The van der Waals surface area contributed by atoms with E-state index in [1.807, 2.05) is 0 Å². The first-order valence-corrected chi connectivity index (χ1v) is 8.54. The number of benzene rings is 1. The van der Waals surface area contributed by atoms with Gasteiger partial charge in [0.15, 0.2) is 5.69 Å². The number of carbonyl (C=O) groups is 2. The standard InChI is InChI=1S/C18H18F3N3O4/c1-23(10-13-3-2-8-28-13)16(25)11-4-6-12(7-5-11)24-15(18(19,20)21)14(9-22-24)17(26)27/h4-7,9,13H,2-3,8,10H2,1H3,(H,26,27)/t13-/m0/s1. The number of carboxylic acid groups (broad SMARTS) is 1. The van der Waals surface area contributed by atoms with E-state index < -0.39 is 23.4 Å². The Labute approximate surface area is 158 Å². The van der Waals surface area contributed by atoms with Gasteiger partial charge in [-0.05, 0) is 37.1 Å². The molecule has 2 aromatic rings. The number of hydrogen-bond acceptors (Lipinski definition) is 4. The smallest absolute Gasteiger partial charge is 0.434 e. The molecule has 0 spiro atoms. The van der Waals surface area contributed by atoms with Crippen LogP contribution in [-0.4, -0.2) is 58.0 Å². The molecule has 1 atom stereocenters. The first kappa shape index (κ1) is 19.9. The van der Waals surface area contributed by atoms with Crippen LogP contribution in [0.25, 0.3) is 5.69 Å². The fourth-order valence-corrected chi connectivity index (χ4v) is 3.12. The van der Waals surface area contributed by atoms with Crippen molar-refractivity contribution in [1.82, 2.24) is 14.7 Å². The van der Waals surface area contributed by atoms with Gasteiger partial charge >= 0.3 is 12.1 Å². The number of ether oxygens (including phenoxy) is 1. The molecule has 10 heteroatoms. The summed E-state index contributed by atoms with van der Waals surface area (Å²) in [5, 5.41) is 12.5. The number of aromatic carboxylic acids is 1. The van der Waals surface area contributed by atoms with E-state index in [2.05, 4.69) is 5.10 Å². The van der Waals surface area contributed by atoms with Crippen LogP contribution in [0.5, 0.6) is 0 Å². The van der Waals surface area contributed by atoms with Gasteiger partial charge in [0, 0.05) is 25.8 Å². The molecule has 7 nitrogen and oxygen atoms in total. The number of amides is 1. The molecule has 1 aliphatic heterocycles. The predicted octanol–water partition coefficient (Wildman–Crippen LogP) is 2.84. The first-order chi connectivity index (χ1) is 13.2. The second-order valence-electron chi connectivity index (χ2n) is 6.49. The van der Waals surface area contributed by atoms with E-state index >= 15 is 0 Å². The monoisotopic (exact) mass is 397 g/mol. The second kappa shape index (κ2) is 7.63. The minimum Gasteiger partial charge on any atom is -0.478 e. The molecule has 0 unspecified atom stereocenters. The summed E-state index contributed by atoms with van der Waals surface area (Å²) in [6.45, 7) is 1.10. The van der Waals surface area contributed by atoms with Crippen molar-refractivity contribution in [3.8, 4) is 5.69 Å². The average molecular weight is 397 g/mol. The van der Waals surface area contributed by atoms with E-state index in [4.69, 9.17) is 9.84 Å². The lowest BCUT2D eigenvalue weighted by Crippen LogP contribution is -2.34. The van der Waals surface area contributed by atoms with Crippen LogP contribution in [0.3, 0.4) is 0 Å². The summed E-state index contributed by atoms with van der Waals surface area (Å²) >= 11 is 0. The predicted molar refractivity (Wildman–Crippen MR) is 91.5 cm³/mol. The van der Waals surface area contributed by atoms with E-state index in [1.54, 1.807) is 7.05 Å². The normalized spacial score (nSPS) is 16.9. The molecular formula is C18H18F3N3O4. The van der Waals surface area contributed by atoms with Gasteiger partial charge in [-0.15, -0.1) is 0 Å². The van der Waals surface area contributed by atoms with Crippen molar-refractivity contribution >= 4 is 11.9 Å². The second-order valence-corrected chi connectivity index (χ2v) is 6.49. The van der Waals surface area contributed by atoms with E-state index in [-0.39, 0.29) is 17.7 Å². The molecule has 0 bridgehead atoms. The molecule has 1 N–H and O–H groups in total. The third kappa shape index (κ3) is 4.01. The van der Waals surface area contributed by atoms with Gasteiger partial charge in [-0.2, -0.15) is 18.3 Å². The molecule has 0 saturated carbocycles. The fourth-order valence-electron chi connectivity index (χ4n) is 3.12. The average Bonchev–Trinajstić information content (AvgIpc) is 3.30. The van der Waals surface area contributed by atoms with Crippen molar-refractivity contribution in [2.24, 2.45) is 0 Å². The van der Waals surface area contributed by atoms with Crippen LogP contribution in [0.1, 0.15) is 39.3 Å². The molecule has 0 radical (unpaired) electrons. The van der Waals surface area contributed by atoms with Crippen molar-refractivity contribution in [3.05, 3.63) is 47.3 Å². The number of aromatic nitrogens is 2. The van der Waals surface area contributed by atoms with Gasteiger partial charge in [-0.1, -0.05) is 0 Å². The van der Waals surface area contributed by atoms with Gasteiger partial charge in [0.1, 0.15) is 5.56 Å². The van der Waals surface area contributed by atoms with Gasteiger partial charge in [-0.25, -0.2) is 9.48 Å². The van der Waals surface area contributed by atoms with Crippen molar-refractivity contribution in [3.63, 3.8) is 0 Å². The Kier molecular flexibility index (Phi) is 5.41. The maximum Gasteiger partial charge on any atom is 0.434 e. The van der Waals surface area contributed by atoms with Crippen LogP contribution in [0, 0.1) is 0 Å². The third-order valence-corrected chi connectivity index (χ3v) is 4.48. The van der Waals surface area contributed by atoms with Gasteiger partial charge < -0.3 is 14.7 Å². The summed E-state index contributed by atoms with van der Waals surface area (Å²) in [6.07, 6.45) is -2.44. The number of likely N-dealkylation sites (N-methyl/N-ethyl adjacent to an activating group) is 1. The van der Waals surface area contributed by atoms with E-state index in [1.165, 1.54) is 29.2 Å². The minimum atomic E-state index is -4.90. The Morgan fingerprint density at radius 1 is 1.32 bits per heavy atom. The van der Waals surface area contributed by atoms with E-state index in [9.17, 15) is 22.8 Å². The van der Waals surface area contributed by atoms with Crippen LogP contribution >= 0.6 is 0 Å². The maximum absolute atomic E-state index is 13.3. The zero-order valence-corrected chi connectivity index (χ0v) is 14.9. The molecule has 28 heavy (non-hydrogen) atoms. The highest BCUT2D eigenvalue weighted by Crippen LogP contribution is 2.33. The summed E-state index contributed by atoms with van der Waals surface area (Å²) in [5.74, 6) is -2.01. The SMILES string of the molecule is CN(C[C@@H]1CCCO1)C(=O)c1ccc(-n2ncc(C(=O)O)c2C(F)(F)F)cc1. The van der Waals surface area contributed by atoms with Crippen LogP contribution in [-0.2, 0) is 10.9 Å². The Bertz CT molecular complexity index is 871. The highest BCUT2D eigenvalue weighted by Gasteiger charge is 2.40.